The van der Waals surface area contributed by atoms with E-state index >= 15 is 0 Å². The lowest BCUT2D eigenvalue weighted by Gasteiger charge is -2.09. The third kappa shape index (κ3) is 3.15. The molecular weight excluding hydrogens is 278 g/mol. The van der Waals surface area contributed by atoms with E-state index in [2.05, 4.69) is 15.3 Å². The number of H-pyrrole nitrogens is 1. The molecule has 1 amide bonds. The predicted molar refractivity (Wildman–Crippen MR) is 84.8 cm³/mol. The molecule has 2 aromatic carbocycles. The molecule has 110 valence electrons. The Morgan fingerprint density at radius 1 is 1.14 bits per heavy atom. The first-order chi connectivity index (χ1) is 10.7. The number of benzene rings is 2. The Balaban J connectivity index is 1.76. The molecule has 0 aliphatic heterocycles. The van der Waals surface area contributed by atoms with Crippen LogP contribution in [-0.2, 0) is 0 Å². The predicted octanol–water partition coefficient (Wildman–Crippen LogP) is 4.00. The number of amides is 1. The van der Waals surface area contributed by atoms with Crippen LogP contribution in [0.25, 0.3) is 11.4 Å². The fourth-order valence-corrected chi connectivity index (χ4v) is 2.04. The zero-order chi connectivity index (χ0) is 15.4. The summed E-state index contributed by atoms with van der Waals surface area (Å²) in [5.41, 5.74) is 2.54. The van der Waals surface area contributed by atoms with Crippen molar-refractivity contribution < 1.29 is 9.53 Å². The molecule has 0 bridgehead atoms. The minimum atomic E-state index is -0.539. The lowest BCUT2D eigenvalue weighted by Crippen LogP contribution is -2.17. The van der Waals surface area contributed by atoms with Crippen molar-refractivity contribution in [2.75, 3.05) is 5.32 Å². The maximum atomic E-state index is 12.0. The number of carbonyl (C=O) groups excluding carboxylic acids is 1. The molecular formula is C17H15N3O2. The monoisotopic (exact) mass is 293 g/mol. The van der Waals surface area contributed by atoms with E-state index in [1.54, 1.807) is 24.5 Å². The molecule has 22 heavy (non-hydrogen) atoms. The van der Waals surface area contributed by atoms with Crippen LogP contribution in [-0.4, -0.2) is 16.1 Å². The molecule has 0 atom stereocenters. The molecule has 0 radical (unpaired) electrons. The number of anilines is 1. The molecule has 1 aromatic heterocycles. The van der Waals surface area contributed by atoms with Gasteiger partial charge < -0.3 is 9.72 Å². The Morgan fingerprint density at radius 3 is 2.64 bits per heavy atom. The Bertz CT molecular complexity index is 765. The summed E-state index contributed by atoms with van der Waals surface area (Å²) >= 11 is 0. The maximum absolute atomic E-state index is 12.0. The van der Waals surface area contributed by atoms with Crippen LogP contribution in [0.1, 0.15) is 5.56 Å². The zero-order valence-electron chi connectivity index (χ0n) is 12.0. The van der Waals surface area contributed by atoms with Gasteiger partial charge >= 0.3 is 6.09 Å². The van der Waals surface area contributed by atoms with Crippen LogP contribution in [0.4, 0.5) is 10.5 Å². The second-order valence-electron chi connectivity index (χ2n) is 4.81. The minimum Gasteiger partial charge on any atom is -0.409 e. The van der Waals surface area contributed by atoms with E-state index in [9.17, 15) is 4.79 Å². The standard InChI is InChI=1S/C17H15N3O2/c1-12-6-8-13(9-7-12)20-17(21)22-15-5-3-2-4-14(15)16-18-10-11-19-16/h2-11H,1H3,(H,18,19)(H,20,21). The van der Waals surface area contributed by atoms with E-state index in [1.807, 2.05) is 43.3 Å². The van der Waals surface area contributed by atoms with Crippen LogP contribution in [0.3, 0.4) is 0 Å². The van der Waals surface area contributed by atoms with Crippen molar-refractivity contribution in [3.8, 4) is 17.1 Å². The van der Waals surface area contributed by atoms with E-state index in [-0.39, 0.29) is 0 Å². The first-order valence-corrected chi connectivity index (χ1v) is 6.86. The number of aromatic amines is 1. The van der Waals surface area contributed by atoms with Crippen molar-refractivity contribution >= 4 is 11.8 Å². The quantitative estimate of drug-likeness (QED) is 0.767. The smallest absolute Gasteiger partial charge is 0.409 e. The van der Waals surface area contributed by atoms with Crippen LogP contribution in [0.5, 0.6) is 5.75 Å². The van der Waals surface area contributed by atoms with Crippen molar-refractivity contribution in [3.63, 3.8) is 0 Å². The lowest BCUT2D eigenvalue weighted by molar-refractivity contribution is 0.215. The summed E-state index contributed by atoms with van der Waals surface area (Å²) in [7, 11) is 0. The van der Waals surface area contributed by atoms with Gasteiger partial charge in [0.15, 0.2) is 0 Å². The summed E-state index contributed by atoms with van der Waals surface area (Å²) in [4.78, 5) is 19.2. The van der Waals surface area contributed by atoms with E-state index in [0.29, 0.717) is 17.3 Å². The highest BCUT2D eigenvalue weighted by Crippen LogP contribution is 2.27. The number of hydrogen-bond acceptors (Lipinski definition) is 3. The summed E-state index contributed by atoms with van der Waals surface area (Å²) < 4.78 is 5.39. The van der Waals surface area contributed by atoms with Crippen molar-refractivity contribution in [2.45, 2.75) is 6.92 Å². The summed E-state index contributed by atoms with van der Waals surface area (Å²) in [6, 6.07) is 14.7. The van der Waals surface area contributed by atoms with Gasteiger partial charge in [-0.3, -0.25) is 5.32 Å². The third-order valence-corrected chi connectivity index (χ3v) is 3.14. The number of hydrogen-bond donors (Lipinski definition) is 2. The molecule has 0 aliphatic rings. The van der Waals surface area contributed by atoms with Crippen LogP contribution in [0, 0.1) is 6.92 Å². The Kier molecular flexibility index (Phi) is 3.87. The Hall–Kier alpha value is -3.08. The number of rotatable bonds is 3. The van der Waals surface area contributed by atoms with E-state index in [1.165, 1.54) is 0 Å². The van der Waals surface area contributed by atoms with Crippen molar-refractivity contribution in [1.29, 1.82) is 0 Å². The van der Waals surface area contributed by atoms with Crippen LogP contribution in [0.2, 0.25) is 0 Å². The number of imidazole rings is 1. The lowest BCUT2D eigenvalue weighted by atomic mass is 10.2. The van der Waals surface area contributed by atoms with Gasteiger partial charge in [-0.1, -0.05) is 29.8 Å². The number of nitrogens with zero attached hydrogens (tertiary/aromatic N) is 1. The maximum Gasteiger partial charge on any atom is 0.417 e. The molecule has 3 aromatic rings. The zero-order valence-corrected chi connectivity index (χ0v) is 12.0. The second kappa shape index (κ2) is 6.13. The highest BCUT2D eigenvalue weighted by Gasteiger charge is 2.11. The number of carbonyl (C=O) groups is 1. The van der Waals surface area contributed by atoms with Gasteiger partial charge in [0.2, 0.25) is 0 Å². The first-order valence-electron chi connectivity index (χ1n) is 6.86. The fraction of sp³-hybridized carbons (Fsp3) is 0.0588. The van der Waals surface area contributed by atoms with Gasteiger partial charge in [-0.05, 0) is 31.2 Å². The number of ether oxygens (including phenoxy) is 1. The third-order valence-electron chi connectivity index (χ3n) is 3.14. The fourth-order valence-electron chi connectivity index (χ4n) is 2.04. The molecule has 0 fully saturated rings. The second-order valence-corrected chi connectivity index (χ2v) is 4.81. The molecule has 5 heteroatoms. The van der Waals surface area contributed by atoms with Gasteiger partial charge in [0, 0.05) is 18.1 Å². The van der Waals surface area contributed by atoms with Gasteiger partial charge in [-0.2, -0.15) is 0 Å². The van der Waals surface area contributed by atoms with Gasteiger partial charge in [0.05, 0.1) is 5.56 Å². The summed E-state index contributed by atoms with van der Waals surface area (Å²) in [6.07, 6.45) is 2.83. The number of nitrogens with one attached hydrogen (secondary N) is 2. The average molecular weight is 293 g/mol. The van der Waals surface area contributed by atoms with E-state index in [0.717, 1.165) is 11.1 Å². The van der Waals surface area contributed by atoms with Gasteiger partial charge in [0.25, 0.3) is 0 Å². The molecule has 1 heterocycles. The Morgan fingerprint density at radius 2 is 1.91 bits per heavy atom. The highest BCUT2D eigenvalue weighted by molar-refractivity contribution is 5.87. The number of para-hydroxylation sites is 1. The van der Waals surface area contributed by atoms with Crippen LogP contribution >= 0.6 is 0 Å². The van der Waals surface area contributed by atoms with Gasteiger partial charge in [-0.25, -0.2) is 9.78 Å². The Labute approximate surface area is 128 Å². The summed E-state index contributed by atoms with van der Waals surface area (Å²) in [5, 5.41) is 2.70. The van der Waals surface area contributed by atoms with Crippen molar-refractivity contribution in [1.82, 2.24) is 9.97 Å². The molecule has 3 rings (SSSR count). The van der Waals surface area contributed by atoms with Crippen molar-refractivity contribution in [3.05, 3.63) is 66.5 Å². The molecule has 2 N–H and O–H groups in total. The number of aromatic nitrogens is 2. The SMILES string of the molecule is Cc1ccc(NC(=O)Oc2ccccc2-c2ncc[nH]2)cc1. The largest absolute Gasteiger partial charge is 0.417 e. The van der Waals surface area contributed by atoms with Crippen molar-refractivity contribution in [2.24, 2.45) is 0 Å². The van der Waals surface area contributed by atoms with E-state index in [4.69, 9.17) is 4.74 Å². The van der Waals surface area contributed by atoms with Gasteiger partial charge in [0.1, 0.15) is 11.6 Å². The van der Waals surface area contributed by atoms with E-state index < -0.39 is 6.09 Å². The topological polar surface area (TPSA) is 67.0 Å². The summed E-state index contributed by atoms with van der Waals surface area (Å²) in [6.45, 7) is 1.99. The highest BCUT2D eigenvalue weighted by atomic mass is 16.6. The molecule has 0 unspecified atom stereocenters. The van der Waals surface area contributed by atoms with Crippen LogP contribution < -0.4 is 10.1 Å². The molecule has 0 saturated carbocycles. The molecule has 0 spiro atoms. The van der Waals surface area contributed by atoms with Gasteiger partial charge in [-0.15, -0.1) is 0 Å². The normalized spacial score (nSPS) is 10.2. The number of aryl methyl sites for hydroxylation is 1. The van der Waals surface area contributed by atoms with Crippen LogP contribution in [0.15, 0.2) is 60.9 Å². The molecule has 5 nitrogen and oxygen atoms in total. The first kappa shape index (κ1) is 13.9. The molecule has 0 saturated heterocycles. The minimum absolute atomic E-state index is 0.446. The summed E-state index contributed by atoms with van der Waals surface area (Å²) in [5.74, 6) is 1.10. The molecule has 0 aliphatic carbocycles. The average Bonchev–Trinajstić information content (AvgIpc) is 3.04.